The van der Waals surface area contributed by atoms with Crippen molar-refractivity contribution < 1.29 is 47.3 Å². The summed E-state index contributed by atoms with van der Waals surface area (Å²) >= 11 is 0. The number of hydrogen-bond acceptors (Lipinski definition) is 5. The Morgan fingerprint density at radius 2 is 0.438 bits per heavy atom. The molecule has 0 aromatic rings. The molecule has 0 aliphatic carbocycles. The van der Waals surface area contributed by atoms with Gasteiger partial charge in [0, 0.05) is 0 Å². The second-order valence-corrected chi connectivity index (χ2v) is 1.44. The van der Waals surface area contributed by atoms with E-state index in [1.54, 1.807) is 34.6 Å². The minimum atomic E-state index is 0. The third-order valence-corrected chi connectivity index (χ3v) is 0. The predicted octanol–water partition coefficient (Wildman–Crippen LogP) is -3.17. The standard InChI is InChI=1S/5C2H5O.Ti/c5*1-2-3;/h5*2H2,1H3;/q5*-1;+5. The van der Waals surface area contributed by atoms with Gasteiger partial charge in [-0.05, 0) is 0 Å². The Bertz CT molecular complexity index is 30.8. The van der Waals surface area contributed by atoms with E-state index >= 15 is 0 Å². The van der Waals surface area contributed by atoms with Crippen LogP contribution >= 0.6 is 0 Å². The van der Waals surface area contributed by atoms with Crippen LogP contribution in [0.2, 0.25) is 0 Å². The van der Waals surface area contributed by atoms with Gasteiger partial charge in [-0.1, -0.05) is 34.6 Å². The smallest absolute Gasteiger partial charge is 0.855 e. The van der Waals surface area contributed by atoms with Crippen molar-refractivity contribution in [2.75, 3.05) is 33.0 Å². The summed E-state index contributed by atoms with van der Waals surface area (Å²) in [7, 11) is 0. The normalized spacial score (nSPS) is 5.62. The van der Waals surface area contributed by atoms with Gasteiger partial charge in [0.2, 0.25) is 0 Å². The van der Waals surface area contributed by atoms with Crippen LogP contribution in [-0.2, 0) is 21.7 Å². The molecule has 0 unspecified atom stereocenters. The summed E-state index contributed by atoms with van der Waals surface area (Å²) in [5, 5.41) is 44.7. The van der Waals surface area contributed by atoms with Crippen molar-refractivity contribution in [1.82, 2.24) is 0 Å². The zero-order valence-electron chi connectivity index (χ0n) is 11.1. The largest absolute Gasteiger partial charge is 5.00 e. The van der Waals surface area contributed by atoms with Gasteiger partial charge >= 0.3 is 21.7 Å². The molecular formula is C10H25O5Ti. The maximum absolute atomic E-state index is 8.93. The van der Waals surface area contributed by atoms with Crippen LogP contribution in [0.3, 0.4) is 0 Å². The molecule has 0 heterocycles. The molecule has 0 aromatic heterocycles. The van der Waals surface area contributed by atoms with Gasteiger partial charge < -0.3 is 25.5 Å². The van der Waals surface area contributed by atoms with Gasteiger partial charge in [0.05, 0.1) is 0 Å². The van der Waals surface area contributed by atoms with Crippen molar-refractivity contribution in [3.63, 3.8) is 0 Å². The minimum absolute atomic E-state index is 0. The second-order valence-electron chi connectivity index (χ2n) is 1.44. The first-order valence-electron chi connectivity index (χ1n) is 4.98. The Morgan fingerprint density at radius 1 is 0.438 bits per heavy atom. The Morgan fingerprint density at radius 3 is 0.438 bits per heavy atom. The van der Waals surface area contributed by atoms with Gasteiger partial charge in [-0.25, -0.2) is 0 Å². The van der Waals surface area contributed by atoms with Gasteiger partial charge in [0.25, 0.3) is 0 Å². The first kappa shape index (κ1) is 36.0. The molecule has 0 spiro atoms. The summed E-state index contributed by atoms with van der Waals surface area (Å²) in [5.74, 6) is 0. The molecule has 0 aromatic carbocycles. The average Bonchev–Trinajstić information content (AvgIpc) is 2.09. The van der Waals surface area contributed by atoms with E-state index in [0.717, 1.165) is 0 Å². The fraction of sp³-hybridized carbons (Fsp3) is 1.00. The van der Waals surface area contributed by atoms with Crippen molar-refractivity contribution >= 4 is 0 Å². The first-order chi connectivity index (χ1) is 7.07. The fourth-order valence-electron chi connectivity index (χ4n) is 0. The molecule has 6 heteroatoms. The molecule has 0 rings (SSSR count). The van der Waals surface area contributed by atoms with Crippen LogP contribution in [0.25, 0.3) is 0 Å². The SMILES string of the molecule is CC[O-].CC[O-].CC[O-].CC[O-].CC[O-].[Ti+5]. The maximum atomic E-state index is 8.93. The molecule has 16 heavy (non-hydrogen) atoms. The van der Waals surface area contributed by atoms with Gasteiger partial charge in [0.1, 0.15) is 0 Å². The molecular weight excluding hydrogens is 248 g/mol. The monoisotopic (exact) mass is 273 g/mol. The van der Waals surface area contributed by atoms with E-state index in [1.165, 1.54) is 0 Å². The second kappa shape index (κ2) is 107. The third kappa shape index (κ3) is 10000. The van der Waals surface area contributed by atoms with Gasteiger partial charge in [-0.2, -0.15) is 0 Å². The van der Waals surface area contributed by atoms with E-state index in [9.17, 15) is 0 Å². The molecule has 0 amide bonds. The Balaban J connectivity index is -0.0000000192. The van der Waals surface area contributed by atoms with E-state index < -0.39 is 0 Å². The van der Waals surface area contributed by atoms with Crippen LogP contribution in [0, 0.1) is 0 Å². The summed E-state index contributed by atoms with van der Waals surface area (Å²) in [6, 6.07) is 0. The van der Waals surface area contributed by atoms with Gasteiger partial charge in [0.15, 0.2) is 0 Å². The summed E-state index contributed by atoms with van der Waals surface area (Å²) in [4.78, 5) is 0. The van der Waals surface area contributed by atoms with E-state index in [1.807, 2.05) is 0 Å². The van der Waals surface area contributed by atoms with Gasteiger partial charge in [-0.15, -0.1) is 33.0 Å². The number of rotatable bonds is 0. The third-order valence-electron chi connectivity index (χ3n) is 0. The molecule has 0 aliphatic rings. The first-order valence-corrected chi connectivity index (χ1v) is 4.98. The van der Waals surface area contributed by atoms with Crippen molar-refractivity contribution in [1.29, 1.82) is 0 Å². The van der Waals surface area contributed by atoms with Crippen molar-refractivity contribution in [2.45, 2.75) is 34.6 Å². The van der Waals surface area contributed by atoms with E-state index in [-0.39, 0.29) is 54.8 Å². The molecule has 5 nitrogen and oxygen atoms in total. The van der Waals surface area contributed by atoms with Crippen LogP contribution in [0.1, 0.15) is 34.6 Å². The van der Waals surface area contributed by atoms with E-state index in [0.29, 0.717) is 0 Å². The molecule has 0 N–H and O–H groups in total. The van der Waals surface area contributed by atoms with Crippen LogP contribution < -0.4 is 25.5 Å². The van der Waals surface area contributed by atoms with Gasteiger partial charge in [-0.3, -0.25) is 0 Å². The fourth-order valence-corrected chi connectivity index (χ4v) is 0. The summed E-state index contributed by atoms with van der Waals surface area (Å²) in [6.07, 6.45) is 0. The van der Waals surface area contributed by atoms with Crippen LogP contribution in [-0.4, -0.2) is 33.0 Å². The average molecular weight is 273 g/mol. The Hall–Kier alpha value is 0.514. The Kier molecular flexibility index (Phi) is 242. The molecule has 0 fully saturated rings. The Labute approximate surface area is 115 Å². The van der Waals surface area contributed by atoms with E-state index in [2.05, 4.69) is 0 Å². The van der Waals surface area contributed by atoms with Crippen molar-refractivity contribution in [2.24, 2.45) is 0 Å². The quantitative estimate of drug-likeness (QED) is 0.432. The molecule has 0 atom stereocenters. The minimum Gasteiger partial charge on any atom is -0.855 e. The molecule has 0 saturated carbocycles. The van der Waals surface area contributed by atoms with Crippen molar-refractivity contribution in [3.05, 3.63) is 0 Å². The number of hydrogen-bond donors (Lipinski definition) is 0. The predicted molar refractivity (Wildman–Crippen MR) is 52.7 cm³/mol. The molecule has 0 aliphatic heterocycles. The zero-order chi connectivity index (χ0) is 13.5. The molecule has 0 saturated heterocycles. The van der Waals surface area contributed by atoms with Crippen molar-refractivity contribution in [3.8, 4) is 0 Å². The summed E-state index contributed by atoms with van der Waals surface area (Å²) < 4.78 is 0. The zero-order valence-corrected chi connectivity index (χ0v) is 12.6. The van der Waals surface area contributed by atoms with E-state index in [4.69, 9.17) is 25.5 Å². The summed E-state index contributed by atoms with van der Waals surface area (Å²) in [6.45, 7) is 7.85. The van der Waals surface area contributed by atoms with Crippen LogP contribution in [0.15, 0.2) is 0 Å². The topological polar surface area (TPSA) is 115 Å². The maximum Gasteiger partial charge on any atom is 5.00 e. The van der Waals surface area contributed by atoms with Crippen LogP contribution in [0.5, 0.6) is 0 Å². The molecule has 0 bridgehead atoms. The summed E-state index contributed by atoms with van der Waals surface area (Å²) in [5.41, 5.74) is 0. The molecule has 0 radical (unpaired) electrons. The molecule has 99 valence electrons. The van der Waals surface area contributed by atoms with Crippen LogP contribution in [0.4, 0.5) is 0 Å².